The molecule has 2 aromatic heterocycles. The number of nitrogens with zero attached hydrogens (tertiary/aromatic N) is 2. The molecule has 0 radical (unpaired) electrons. The Morgan fingerprint density at radius 2 is 1.64 bits per heavy atom. The van der Waals surface area contributed by atoms with Crippen LogP contribution in [0.5, 0.6) is 0 Å². The van der Waals surface area contributed by atoms with Gasteiger partial charge < -0.3 is 30.5 Å². The van der Waals surface area contributed by atoms with Crippen LogP contribution in [0.25, 0.3) is 11.5 Å². The van der Waals surface area contributed by atoms with E-state index in [0.717, 1.165) is 5.56 Å². The van der Waals surface area contributed by atoms with Crippen LogP contribution < -0.4 is 16.0 Å². The second-order valence-electron chi connectivity index (χ2n) is 8.58. The van der Waals surface area contributed by atoms with Crippen LogP contribution in [0.4, 0.5) is 0 Å². The molecule has 0 aliphatic carbocycles. The fourth-order valence-electron chi connectivity index (χ4n) is 3.73. The summed E-state index contributed by atoms with van der Waals surface area (Å²) in [5.74, 6) is -2.96. The SMILES string of the molecule is O=C(CNC(=O)[C@H](Cc1cnc[nH]1)NC(=O)c1coc(-c2ccccc2)n1)N[C@@H](Cc1ccccc1)C(=O)O. The third-order valence-electron chi connectivity index (χ3n) is 5.70. The molecule has 2 aromatic carbocycles. The molecular formula is C27H26N6O6. The Balaban J connectivity index is 1.37. The first-order valence-electron chi connectivity index (χ1n) is 12.0. The van der Waals surface area contributed by atoms with Gasteiger partial charge in [-0.25, -0.2) is 14.8 Å². The van der Waals surface area contributed by atoms with E-state index in [1.807, 2.05) is 6.07 Å². The molecule has 5 N–H and O–H groups in total. The third kappa shape index (κ3) is 7.61. The van der Waals surface area contributed by atoms with Crippen molar-refractivity contribution in [3.63, 3.8) is 0 Å². The van der Waals surface area contributed by atoms with Gasteiger partial charge in [0.25, 0.3) is 5.91 Å². The van der Waals surface area contributed by atoms with Gasteiger partial charge in [-0.3, -0.25) is 14.4 Å². The predicted molar refractivity (Wildman–Crippen MR) is 138 cm³/mol. The molecule has 0 saturated heterocycles. The number of H-pyrrole nitrogens is 1. The maximum atomic E-state index is 13.0. The molecule has 0 aliphatic rings. The van der Waals surface area contributed by atoms with Crippen molar-refractivity contribution in [3.05, 3.63) is 96.4 Å². The predicted octanol–water partition coefficient (Wildman–Crippen LogP) is 1.33. The van der Waals surface area contributed by atoms with E-state index in [9.17, 15) is 24.3 Å². The zero-order valence-electron chi connectivity index (χ0n) is 20.7. The maximum absolute atomic E-state index is 13.0. The number of aromatic nitrogens is 3. The van der Waals surface area contributed by atoms with Crippen molar-refractivity contribution in [3.8, 4) is 11.5 Å². The minimum atomic E-state index is -1.20. The maximum Gasteiger partial charge on any atom is 0.326 e. The van der Waals surface area contributed by atoms with Crippen molar-refractivity contribution >= 4 is 23.7 Å². The summed E-state index contributed by atoms with van der Waals surface area (Å²) in [6.07, 6.45) is 4.26. The summed E-state index contributed by atoms with van der Waals surface area (Å²) in [4.78, 5) is 60.9. The average molecular weight is 531 g/mol. The number of carboxylic acid groups (broad SMARTS) is 1. The van der Waals surface area contributed by atoms with Crippen molar-refractivity contribution in [2.24, 2.45) is 0 Å². The Morgan fingerprint density at radius 3 is 2.31 bits per heavy atom. The van der Waals surface area contributed by atoms with Crippen LogP contribution in [0.2, 0.25) is 0 Å². The molecule has 2 heterocycles. The molecule has 0 unspecified atom stereocenters. The summed E-state index contributed by atoms with van der Waals surface area (Å²) in [7, 11) is 0. The van der Waals surface area contributed by atoms with Gasteiger partial charge in [0.1, 0.15) is 18.3 Å². The third-order valence-corrected chi connectivity index (χ3v) is 5.70. The second kappa shape index (κ2) is 12.8. The van der Waals surface area contributed by atoms with Crippen LogP contribution >= 0.6 is 0 Å². The molecule has 0 fully saturated rings. The van der Waals surface area contributed by atoms with Crippen LogP contribution in [-0.4, -0.2) is 62.4 Å². The topological polar surface area (TPSA) is 179 Å². The zero-order valence-corrected chi connectivity index (χ0v) is 20.7. The Hall–Kier alpha value is -5.26. The molecule has 2 atom stereocenters. The van der Waals surface area contributed by atoms with Crippen LogP contribution in [-0.2, 0) is 27.2 Å². The molecule has 0 aliphatic heterocycles. The number of hydrogen-bond acceptors (Lipinski definition) is 7. The van der Waals surface area contributed by atoms with Crippen LogP contribution in [0, 0.1) is 0 Å². The van der Waals surface area contributed by atoms with Crippen LogP contribution in [0.1, 0.15) is 21.7 Å². The summed E-state index contributed by atoms with van der Waals surface area (Å²) >= 11 is 0. The Bertz CT molecular complexity index is 1410. The number of oxazole rings is 1. The van der Waals surface area contributed by atoms with Gasteiger partial charge >= 0.3 is 5.97 Å². The molecule has 39 heavy (non-hydrogen) atoms. The second-order valence-corrected chi connectivity index (χ2v) is 8.58. The van der Waals surface area contributed by atoms with E-state index < -0.39 is 42.3 Å². The van der Waals surface area contributed by atoms with Crippen molar-refractivity contribution in [2.75, 3.05) is 6.54 Å². The first-order chi connectivity index (χ1) is 18.9. The number of benzene rings is 2. The van der Waals surface area contributed by atoms with Crippen molar-refractivity contribution in [2.45, 2.75) is 24.9 Å². The fraction of sp³-hybridized carbons (Fsp3) is 0.185. The summed E-state index contributed by atoms with van der Waals surface area (Å²) < 4.78 is 5.41. The van der Waals surface area contributed by atoms with Crippen LogP contribution in [0.3, 0.4) is 0 Å². The van der Waals surface area contributed by atoms with E-state index in [2.05, 4.69) is 30.9 Å². The molecule has 200 valence electrons. The van der Waals surface area contributed by atoms with E-state index >= 15 is 0 Å². The molecule has 4 rings (SSSR count). The number of carboxylic acids is 1. The highest BCUT2D eigenvalue weighted by molar-refractivity contribution is 5.97. The number of amides is 3. The minimum absolute atomic E-state index is 0.0285. The quantitative estimate of drug-likeness (QED) is 0.182. The number of carbonyl (C=O) groups excluding carboxylic acids is 3. The van der Waals surface area contributed by atoms with Gasteiger partial charge in [-0.2, -0.15) is 0 Å². The van der Waals surface area contributed by atoms with Gasteiger partial charge in [-0.15, -0.1) is 0 Å². The number of carbonyl (C=O) groups is 4. The molecule has 12 heteroatoms. The van der Waals surface area contributed by atoms with E-state index in [1.165, 1.54) is 18.8 Å². The molecule has 0 saturated carbocycles. The van der Waals surface area contributed by atoms with Gasteiger partial charge in [0.2, 0.25) is 17.7 Å². The Labute approximate surface area is 222 Å². The van der Waals surface area contributed by atoms with Crippen molar-refractivity contribution in [1.82, 2.24) is 30.9 Å². The number of hydrogen-bond donors (Lipinski definition) is 5. The lowest BCUT2D eigenvalue weighted by Crippen LogP contribution is -2.51. The highest BCUT2D eigenvalue weighted by Gasteiger charge is 2.26. The number of nitrogens with one attached hydrogen (secondary N) is 4. The standard InChI is InChI=1S/C27H26N6O6/c34-23(31-21(27(37)38)11-17-7-3-1-4-8-17)14-29-24(35)20(12-19-13-28-16-30-19)32-25(36)22-15-39-26(33-22)18-9-5-2-6-10-18/h1-10,13,15-16,20-21H,11-12,14H2,(H,28,30)(H,29,35)(H,31,34)(H,32,36)(H,37,38)/t20-,21-/m0/s1. The highest BCUT2D eigenvalue weighted by atomic mass is 16.4. The van der Waals surface area contributed by atoms with Gasteiger partial charge in [-0.05, 0) is 17.7 Å². The van der Waals surface area contributed by atoms with Gasteiger partial charge in [0, 0.05) is 30.3 Å². The molecular weight excluding hydrogens is 504 g/mol. The first kappa shape index (κ1) is 26.8. The van der Waals surface area contributed by atoms with E-state index in [0.29, 0.717) is 11.3 Å². The number of imidazole rings is 1. The number of rotatable bonds is 12. The summed E-state index contributed by atoms with van der Waals surface area (Å²) in [5.41, 5.74) is 1.96. The summed E-state index contributed by atoms with van der Waals surface area (Å²) in [5, 5.41) is 17.0. The lowest BCUT2D eigenvalue weighted by atomic mass is 10.1. The van der Waals surface area contributed by atoms with E-state index in [4.69, 9.17) is 4.42 Å². The Kier molecular flexibility index (Phi) is 8.80. The smallest absolute Gasteiger partial charge is 0.326 e. The minimum Gasteiger partial charge on any atom is -0.480 e. The van der Waals surface area contributed by atoms with Crippen molar-refractivity contribution < 1.29 is 28.7 Å². The lowest BCUT2D eigenvalue weighted by molar-refractivity contribution is -0.141. The molecule has 4 aromatic rings. The monoisotopic (exact) mass is 530 g/mol. The summed E-state index contributed by atoms with van der Waals surface area (Å²) in [6, 6.07) is 15.6. The highest BCUT2D eigenvalue weighted by Crippen LogP contribution is 2.18. The molecule has 12 nitrogen and oxygen atoms in total. The van der Waals surface area contributed by atoms with E-state index in [1.54, 1.807) is 54.6 Å². The first-order valence-corrected chi connectivity index (χ1v) is 12.0. The summed E-state index contributed by atoms with van der Waals surface area (Å²) in [6.45, 7) is -0.491. The lowest BCUT2D eigenvalue weighted by Gasteiger charge is -2.18. The molecule has 0 bridgehead atoms. The Morgan fingerprint density at radius 1 is 0.923 bits per heavy atom. The van der Waals surface area contributed by atoms with Crippen molar-refractivity contribution in [1.29, 1.82) is 0 Å². The largest absolute Gasteiger partial charge is 0.480 e. The van der Waals surface area contributed by atoms with Crippen LogP contribution in [0.15, 0.2) is 83.9 Å². The van der Waals surface area contributed by atoms with Gasteiger partial charge in [-0.1, -0.05) is 48.5 Å². The number of aliphatic carboxylic acids is 1. The van der Waals surface area contributed by atoms with E-state index in [-0.39, 0.29) is 24.4 Å². The fourth-order valence-corrected chi connectivity index (χ4v) is 3.73. The van der Waals surface area contributed by atoms with Gasteiger partial charge in [0.15, 0.2) is 5.69 Å². The average Bonchev–Trinajstić information content (AvgIpc) is 3.65. The molecule has 3 amide bonds. The normalized spacial score (nSPS) is 12.2. The zero-order chi connectivity index (χ0) is 27.6. The van der Waals surface area contributed by atoms with Gasteiger partial charge in [0.05, 0.1) is 12.9 Å². The number of aromatic amines is 1. The molecule has 0 spiro atoms.